The normalized spacial score (nSPS) is 18.5. The molecule has 1 heterocycles. The fourth-order valence-corrected chi connectivity index (χ4v) is 2.73. The molecule has 1 aliphatic rings. The number of rotatable bonds is 5. The van der Waals surface area contributed by atoms with E-state index < -0.39 is 5.60 Å². The van der Waals surface area contributed by atoms with Crippen LogP contribution >= 0.6 is 0 Å². The molecule has 3 nitrogen and oxygen atoms in total. The van der Waals surface area contributed by atoms with Crippen LogP contribution in [0.2, 0.25) is 0 Å². The van der Waals surface area contributed by atoms with Gasteiger partial charge in [0.05, 0.1) is 6.42 Å². The van der Waals surface area contributed by atoms with E-state index in [0.717, 1.165) is 31.4 Å². The minimum absolute atomic E-state index is 0.197. The van der Waals surface area contributed by atoms with Crippen molar-refractivity contribution in [3.8, 4) is 0 Å². The molecule has 2 rings (SSSR count). The zero-order valence-electron chi connectivity index (χ0n) is 11.0. The van der Waals surface area contributed by atoms with E-state index >= 15 is 0 Å². The van der Waals surface area contributed by atoms with Gasteiger partial charge in [0.2, 0.25) is 0 Å². The molecule has 1 aromatic rings. The van der Waals surface area contributed by atoms with Crippen LogP contribution in [0, 0.1) is 0 Å². The van der Waals surface area contributed by atoms with E-state index in [2.05, 4.69) is 4.98 Å². The SMILES string of the molecule is CCOC1(C(=O)Cc2ccccn2)CCCCC1. The highest BCUT2D eigenvalue weighted by molar-refractivity contribution is 5.89. The van der Waals surface area contributed by atoms with Gasteiger partial charge in [-0.15, -0.1) is 0 Å². The van der Waals surface area contributed by atoms with Gasteiger partial charge in [-0.05, 0) is 31.9 Å². The third-order valence-corrected chi connectivity index (χ3v) is 3.66. The number of pyridine rings is 1. The first-order chi connectivity index (χ1) is 8.77. The molecule has 1 saturated carbocycles. The predicted molar refractivity (Wildman–Crippen MR) is 70.4 cm³/mol. The number of aromatic nitrogens is 1. The van der Waals surface area contributed by atoms with Crippen LogP contribution in [0.5, 0.6) is 0 Å². The molecule has 0 spiro atoms. The Balaban J connectivity index is 2.08. The van der Waals surface area contributed by atoms with Crippen LogP contribution < -0.4 is 0 Å². The van der Waals surface area contributed by atoms with Gasteiger partial charge >= 0.3 is 0 Å². The van der Waals surface area contributed by atoms with Gasteiger partial charge in [-0.25, -0.2) is 0 Å². The van der Waals surface area contributed by atoms with Crippen molar-refractivity contribution < 1.29 is 9.53 Å². The Labute approximate surface area is 109 Å². The monoisotopic (exact) mass is 247 g/mol. The summed E-state index contributed by atoms with van der Waals surface area (Å²) >= 11 is 0. The summed E-state index contributed by atoms with van der Waals surface area (Å²) in [4.78, 5) is 16.7. The molecule has 0 amide bonds. The van der Waals surface area contributed by atoms with Crippen molar-refractivity contribution in [1.29, 1.82) is 0 Å². The van der Waals surface area contributed by atoms with Gasteiger partial charge in [-0.2, -0.15) is 0 Å². The Kier molecular flexibility index (Phi) is 4.48. The van der Waals surface area contributed by atoms with Gasteiger partial charge in [0, 0.05) is 18.5 Å². The highest BCUT2D eigenvalue weighted by Gasteiger charge is 2.39. The minimum atomic E-state index is -0.537. The number of ether oxygens (including phenoxy) is 1. The van der Waals surface area contributed by atoms with Gasteiger partial charge in [0.25, 0.3) is 0 Å². The first kappa shape index (κ1) is 13.2. The molecule has 3 heteroatoms. The van der Waals surface area contributed by atoms with Crippen molar-refractivity contribution >= 4 is 5.78 Å². The first-order valence-electron chi connectivity index (χ1n) is 6.84. The number of Topliss-reactive ketones (excluding diaryl/α,β-unsaturated/α-hetero) is 1. The topological polar surface area (TPSA) is 39.2 Å². The van der Waals surface area contributed by atoms with Crippen molar-refractivity contribution in [2.24, 2.45) is 0 Å². The fraction of sp³-hybridized carbons (Fsp3) is 0.600. The molecular formula is C15H21NO2. The lowest BCUT2D eigenvalue weighted by Crippen LogP contribution is -2.44. The molecule has 1 aliphatic carbocycles. The van der Waals surface area contributed by atoms with Crippen LogP contribution in [0.15, 0.2) is 24.4 Å². The summed E-state index contributed by atoms with van der Waals surface area (Å²) in [6.07, 6.45) is 7.25. The molecule has 1 aromatic heterocycles. The quantitative estimate of drug-likeness (QED) is 0.803. The lowest BCUT2D eigenvalue weighted by Gasteiger charge is -2.35. The highest BCUT2D eigenvalue weighted by atomic mass is 16.5. The largest absolute Gasteiger partial charge is 0.367 e. The third kappa shape index (κ3) is 2.96. The molecule has 98 valence electrons. The van der Waals surface area contributed by atoms with Crippen LogP contribution in [-0.4, -0.2) is 23.0 Å². The lowest BCUT2D eigenvalue weighted by atomic mass is 9.80. The Bertz CT molecular complexity index is 377. The second kappa shape index (κ2) is 6.10. The van der Waals surface area contributed by atoms with Crippen LogP contribution in [0.4, 0.5) is 0 Å². The van der Waals surface area contributed by atoms with Gasteiger partial charge in [0.15, 0.2) is 5.78 Å². The number of carbonyl (C=O) groups is 1. The maximum atomic E-state index is 12.5. The zero-order chi connectivity index (χ0) is 12.8. The van der Waals surface area contributed by atoms with Gasteiger partial charge < -0.3 is 4.74 Å². The van der Waals surface area contributed by atoms with E-state index in [-0.39, 0.29) is 5.78 Å². The van der Waals surface area contributed by atoms with Gasteiger partial charge in [0.1, 0.15) is 5.60 Å². The standard InChI is InChI=1S/C15H21NO2/c1-2-18-15(9-5-3-6-10-15)14(17)12-13-8-4-7-11-16-13/h4,7-8,11H,2-3,5-6,9-10,12H2,1H3. The maximum absolute atomic E-state index is 12.5. The van der Waals surface area contributed by atoms with E-state index in [1.165, 1.54) is 6.42 Å². The third-order valence-electron chi connectivity index (χ3n) is 3.66. The summed E-state index contributed by atoms with van der Waals surface area (Å²) in [7, 11) is 0. The van der Waals surface area contributed by atoms with E-state index in [0.29, 0.717) is 13.0 Å². The van der Waals surface area contributed by atoms with E-state index in [4.69, 9.17) is 4.74 Å². The number of hydrogen-bond donors (Lipinski definition) is 0. The lowest BCUT2D eigenvalue weighted by molar-refractivity contribution is -0.148. The molecule has 0 bridgehead atoms. The average Bonchev–Trinajstić information content (AvgIpc) is 2.41. The Hall–Kier alpha value is -1.22. The molecule has 0 radical (unpaired) electrons. The van der Waals surface area contributed by atoms with Gasteiger partial charge in [-0.3, -0.25) is 9.78 Å². The molecule has 1 fully saturated rings. The van der Waals surface area contributed by atoms with Crippen molar-refractivity contribution in [2.75, 3.05) is 6.61 Å². The molecular weight excluding hydrogens is 226 g/mol. The molecule has 0 N–H and O–H groups in total. The molecule has 0 atom stereocenters. The first-order valence-corrected chi connectivity index (χ1v) is 6.84. The van der Waals surface area contributed by atoms with Crippen LogP contribution in [0.3, 0.4) is 0 Å². The molecule has 0 unspecified atom stereocenters. The van der Waals surface area contributed by atoms with E-state index in [1.807, 2.05) is 25.1 Å². The Morgan fingerprint density at radius 2 is 2.11 bits per heavy atom. The molecule has 18 heavy (non-hydrogen) atoms. The summed E-state index contributed by atoms with van der Waals surface area (Å²) in [5.74, 6) is 0.197. The minimum Gasteiger partial charge on any atom is -0.367 e. The fourth-order valence-electron chi connectivity index (χ4n) is 2.73. The molecule has 0 saturated heterocycles. The summed E-state index contributed by atoms with van der Waals surface area (Å²) in [6, 6.07) is 5.69. The maximum Gasteiger partial charge on any atom is 0.170 e. The van der Waals surface area contributed by atoms with Crippen LogP contribution in [0.1, 0.15) is 44.7 Å². The van der Waals surface area contributed by atoms with Gasteiger partial charge in [-0.1, -0.05) is 25.3 Å². The van der Waals surface area contributed by atoms with Crippen LogP contribution in [0.25, 0.3) is 0 Å². The summed E-state index contributed by atoms with van der Waals surface area (Å²) in [5, 5.41) is 0. The summed E-state index contributed by atoms with van der Waals surface area (Å²) in [6.45, 7) is 2.57. The van der Waals surface area contributed by atoms with Crippen molar-refractivity contribution in [3.05, 3.63) is 30.1 Å². The number of carbonyl (C=O) groups excluding carboxylic acids is 1. The summed E-state index contributed by atoms with van der Waals surface area (Å²) in [5.41, 5.74) is 0.303. The number of hydrogen-bond acceptors (Lipinski definition) is 3. The summed E-state index contributed by atoms with van der Waals surface area (Å²) < 4.78 is 5.83. The Morgan fingerprint density at radius 3 is 2.72 bits per heavy atom. The highest BCUT2D eigenvalue weighted by Crippen LogP contribution is 2.33. The smallest absolute Gasteiger partial charge is 0.170 e. The Morgan fingerprint density at radius 1 is 1.33 bits per heavy atom. The predicted octanol–water partition coefficient (Wildman–Crippen LogP) is 2.93. The number of ketones is 1. The van der Waals surface area contributed by atoms with E-state index in [1.54, 1.807) is 6.20 Å². The van der Waals surface area contributed by atoms with Crippen molar-refractivity contribution in [3.63, 3.8) is 0 Å². The van der Waals surface area contributed by atoms with Crippen LogP contribution in [-0.2, 0) is 16.0 Å². The molecule has 0 aliphatic heterocycles. The van der Waals surface area contributed by atoms with Crippen molar-refractivity contribution in [1.82, 2.24) is 4.98 Å². The number of nitrogens with zero attached hydrogens (tertiary/aromatic N) is 1. The molecule has 0 aromatic carbocycles. The second-order valence-corrected chi connectivity index (χ2v) is 4.91. The van der Waals surface area contributed by atoms with E-state index in [9.17, 15) is 4.79 Å². The second-order valence-electron chi connectivity index (χ2n) is 4.91. The average molecular weight is 247 g/mol. The zero-order valence-corrected chi connectivity index (χ0v) is 11.0. The van der Waals surface area contributed by atoms with Crippen molar-refractivity contribution in [2.45, 2.75) is 51.0 Å².